The van der Waals surface area contributed by atoms with Crippen molar-refractivity contribution in [3.8, 4) is 0 Å². The molecule has 1 atom stereocenters. The number of hydrogen-bond acceptors (Lipinski definition) is 3. The highest BCUT2D eigenvalue weighted by atomic mass is 35.5. The van der Waals surface area contributed by atoms with Gasteiger partial charge in [0.2, 0.25) is 10.0 Å². The number of benzene rings is 1. The minimum Gasteiger partial charge on any atom is -0.480 e. The van der Waals surface area contributed by atoms with Gasteiger partial charge in [0, 0.05) is 6.54 Å². The first-order valence-electron chi connectivity index (χ1n) is 6.78. The van der Waals surface area contributed by atoms with E-state index in [0.29, 0.717) is 12.8 Å². The SMILES string of the molecule is CCC1(C(=O)O)CCCN1S(=O)(=O)c1ccc(C)cc1Cl. The van der Waals surface area contributed by atoms with Gasteiger partial charge < -0.3 is 5.11 Å². The zero-order valence-electron chi connectivity index (χ0n) is 12.0. The van der Waals surface area contributed by atoms with Crippen molar-refractivity contribution in [3.63, 3.8) is 0 Å². The number of rotatable bonds is 4. The van der Waals surface area contributed by atoms with Crippen LogP contribution in [0.4, 0.5) is 0 Å². The van der Waals surface area contributed by atoms with Crippen LogP contribution in [0, 0.1) is 6.92 Å². The lowest BCUT2D eigenvalue weighted by atomic mass is 9.95. The van der Waals surface area contributed by atoms with Crippen molar-refractivity contribution in [3.05, 3.63) is 28.8 Å². The summed E-state index contributed by atoms with van der Waals surface area (Å²) in [6.45, 7) is 3.71. The van der Waals surface area contributed by atoms with E-state index in [4.69, 9.17) is 11.6 Å². The third-order valence-electron chi connectivity index (χ3n) is 4.07. The Morgan fingerprint density at radius 3 is 2.67 bits per heavy atom. The van der Waals surface area contributed by atoms with Crippen molar-refractivity contribution < 1.29 is 18.3 Å². The van der Waals surface area contributed by atoms with Crippen molar-refractivity contribution in [1.82, 2.24) is 4.31 Å². The second-order valence-corrected chi connectivity index (χ2v) is 7.54. The topological polar surface area (TPSA) is 74.7 Å². The standard InChI is InChI=1S/C14H18ClNO4S/c1-3-14(13(17)18)7-4-8-16(14)21(19,20)12-6-5-10(2)9-11(12)15/h5-6,9H,3-4,7-8H2,1-2H3,(H,17,18). The largest absolute Gasteiger partial charge is 0.480 e. The number of carbonyl (C=O) groups is 1. The second-order valence-electron chi connectivity index (χ2n) is 5.30. The molecular weight excluding hydrogens is 314 g/mol. The fourth-order valence-electron chi connectivity index (χ4n) is 2.86. The van der Waals surface area contributed by atoms with Gasteiger partial charge in [0.05, 0.1) is 5.02 Å². The quantitative estimate of drug-likeness (QED) is 0.920. The van der Waals surface area contributed by atoms with Crippen LogP contribution in [-0.4, -0.2) is 35.9 Å². The molecule has 1 heterocycles. The van der Waals surface area contributed by atoms with Crippen LogP contribution in [-0.2, 0) is 14.8 Å². The van der Waals surface area contributed by atoms with Gasteiger partial charge in [0.1, 0.15) is 10.4 Å². The lowest BCUT2D eigenvalue weighted by molar-refractivity contribution is -0.147. The van der Waals surface area contributed by atoms with Gasteiger partial charge in [0.25, 0.3) is 0 Å². The monoisotopic (exact) mass is 331 g/mol. The fourth-order valence-corrected chi connectivity index (χ4v) is 5.29. The van der Waals surface area contributed by atoms with Crippen LogP contribution in [0.3, 0.4) is 0 Å². The van der Waals surface area contributed by atoms with E-state index in [1.807, 2.05) is 6.92 Å². The Kier molecular flexibility index (Phi) is 4.33. The molecule has 5 nitrogen and oxygen atoms in total. The van der Waals surface area contributed by atoms with E-state index in [1.165, 1.54) is 6.07 Å². The fraction of sp³-hybridized carbons (Fsp3) is 0.500. The molecule has 1 aromatic rings. The van der Waals surface area contributed by atoms with E-state index in [-0.39, 0.29) is 22.9 Å². The Balaban J connectivity index is 2.55. The highest BCUT2D eigenvalue weighted by Crippen LogP contribution is 2.39. The number of aliphatic carboxylic acids is 1. The summed E-state index contributed by atoms with van der Waals surface area (Å²) < 4.78 is 26.7. The maximum Gasteiger partial charge on any atom is 0.325 e. The molecule has 7 heteroatoms. The van der Waals surface area contributed by atoms with Crippen LogP contribution >= 0.6 is 11.6 Å². The molecular formula is C14H18ClNO4S. The summed E-state index contributed by atoms with van der Waals surface area (Å²) in [5.74, 6) is -1.10. The molecule has 116 valence electrons. The smallest absolute Gasteiger partial charge is 0.325 e. The van der Waals surface area contributed by atoms with E-state index in [2.05, 4.69) is 0 Å². The molecule has 0 bridgehead atoms. The Hall–Kier alpha value is -1.11. The van der Waals surface area contributed by atoms with Crippen LogP contribution < -0.4 is 0 Å². The summed E-state index contributed by atoms with van der Waals surface area (Å²) in [4.78, 5) is 11.6. The van der Waals surface area contributed by atoms with Gasteiger partial charge in [-0.3, -0.25) is 4.79 Å². The van der Waals surface area contributed by atoms with E-state index in [1.54, 1.807) is 19.1 Å². The van der Waals surface area contributed by atoms with Crippen molar-refractivity contribution in [2.24, 2.45) is 0 Å². The summed E-state index contributed by atoms with van der Waals surface area (Å²) in [6, 6.07) is 4.66. The maximum absolute atomic E-state index is 12.8. The molecule has 1 N–H and O–H groups in total. The molecule has 0 aromatic heterocycles. The number of carboxylic acid groups (broad SMARTS) is 1. The van der Waals surface area contributed by atoms with Crippen molar-refractivity contribution in [2.75, 3.05) is 6.54 Å². The van der Waals surface area contributed by atoms with Crippen LogP contribution in [0.1, 0.15) is 31.7 Å². The van der Waals surface area contributed by atoms with Crippen LogP contribution in [0.25, 0.3) is 0 Å². The molecule has 0 aliphatic carbocycles. The average molecular weight is 332 g/mol. The summed E-state index contributed by atoms with van der Waals surface area (Å²) in [5.41, 5.74) is -0.520. The van der Waals surface area contributed by atoms with Gasteiger partial charge in [-0.1, -0.05) is 24.6 Å². The van der Waals surface area contributed by atoms with Gasteiger partial charge in [-0.25, -0.2) is 8.42 Å². The minimum atomic E-state index is -3.93. The Bertz CT molecular complexity index is 674. The van der Waals surface area contributed by atoms with Gasteiger partial charge in [-0.2, -0.15) is 4.31 Å². The van der Waals surface area contributed by atoms with E-state index in [9.17, 15) is 18.3 Å². The minimum absolute atomic E-state index is 0.0317. The van der Waals surface area contributed by atoms with Gasteiger partial charge >= 0.3 is 5.97 Å². The number of hydrogen-bond donors (Lipinski definition) is 1. The van der Waals surface area contributed by atoms with Gasteiger partial charge in [0.15, 0.2) is 0 Å². The second kappa shape index (κ2) is 5.59. The molecule has 1 aliphatic rings. The number of aryl methyl sites for hydroxylation is 1. The van der Waals surface area contributed by atoms with Crippen LogP contribution in [0.15, 0.2) is 23.1 Å². The zero-order valence-corrected chi connectivity index (χ0v) is 13.5. The predicted molar refractivity (Wildman–Crippen MR) is 80.0 cm³/mol. The third kappa shape index (κ3) is 2.56. The number of sulfonamides is 1. The lowest BCUT2D eigenvalue weighted by Gasteiger charge is -2.33. The van der Waals surface area contributed by atoms with Crippen molar-refractivity contribution in [1.29, 1.82) is 0 Å². The normalized spacial score (nSPS) is 23.4. The average Bonchev–Trinajstić information content (AvgIpc) is 2.84. The number of carboxylic acids is 1. The molecule has 1 unspecified atom stereocenters. The van der Waals surface area contributed by atoms with E-state index < -0.39 is 21.5 Å². The van der Waals surface area contributed by atoms with E-state index in [0.717, 1.165) is 9.87 Å². The maximum atomic E-state index is 12.8. The summed E-state index contributed by atoms with van der Waals surface area (Å²) in [5, 5.41) is 9.64. The molecule has 1 aliphatic heterocycles. The first kappa shape index (κ1) is 16.3. The molecule has 21 heavy (non-hydrogen) atoms. The van der Waals surface area contributed by atoms with E-state index >= 15 is 0 Å². The molecule has 1 fully saturated rings. The highest BCUT2D eigenvalue weighted by Gasteiger charge is 2.52. The molecule has 2 rings (SSSR count). The lowest BCUT2D eigenvalue weighted by Crippen LogP contribution is -2.52. The Morgan fingerprint density at radius 2 is 2.14 bits per heavy atom. The van der Waals surface area contributed by atoms with Crippen LogP contribution in [0.2, 0.25) is 5.02 Å². The molecule has 0 amide bonds. The Labute approximate surface area is 129 Å². The number of nitrogens with zero attached hydrogens (tertiary/aromatic N) is 1. The molecule has 1 aromatic carbocycles. The zero-order chi connectivity index (χ0) is 15.8. The van der Waals surface area contributed by atoms with Crippen molar-refractivity contribution >= 4 is 27.6 Å². The summed E-state index contributed by atoms with van der Waals surface area (Å²) in [7, 11) is -3.93. The highest BCUT2D eigenvalue weighted by molar-refractivity contribution is 7.89. The predicted octanol–water partition coefficient (Wildman–Crippen LogP) is 2.67. The molecule has 0 radical (unpaired) electrons. The third-order valence-corrected chi connectivity index (χ3v) is 6.52. The Morgan fingerprint density at radius 1 is 1.48 bits per heavy atom. The van der Waals surface area contributed by atoms with Gasteiger partial charge in [-0.15, -0.1) is 0 Å². The molecule has 0 spiro atoms. The van der Waals surface area contributed by atoms with Crippen LogP contribution in [0.5, 0.6) is 0 Å². The molecule has 0 saturated carbocycles. The summed E-state index contributed by atoms with van der Waals surface area (Å²) >= 11 is 6.06. The first-order valence-corrected chi connectivity index (χ1v) is 8.60. The summed E-state index contributed by atoms with van der Waals surface area (Å²) in [6.07, 6.45) is 1.08. The van der Waals surface area contributed by atoms with Gasteiger partial charge in [-0.05, 0) is 43.9 Å². The molecule has 1 saturated heterocycles. The number of halogens is 1. The first-order chi connectivity index (χ1) is 9.75. The van der Waals surface area contributed by atoms with Crippen molar-refractivity contribution in [2.45, 2.75) is 43.5 Å².